The molecule has 0 bridgehead atoms. The maximum atomic E-state index is 5.48. The van der Waals surface area contributed by atoms with E-state index in [0.29, 0.717) is 5.92 Å². The van der Waals surface area contributed by atoms with Crippen LogP contribution in [-0.4, -0.2) is 21.9 Å². The molecule has 22 heavy (non-hydrogen) atoms. The van der Waals surface area contributed by atoms with E-state index in [1.165, 1.54) is 10.9 Å². The van der Waals surface area contributed by atoms with E-state index in [0.717, 1.165) is 30.2 Å². The predicted molar refractivity (Wildman–Crippen MR) is 87.5 cm³/mol. The third kappa shape index (κ3) is 3.34. The molecule has 0 N–H and O–H groups in total. The standard InChI is InChI=1S/C18H21N3O/c1-13(2)18-20-16(12-22-18)11-21(3)10-14-8-15-6-4-5-7-17(15)19-9-14/h4-9,12-13H,10-11H2,1-3H3. The summed E-state index contributed by atoms with van der Waals surface area (Å²) in [5.41, 5.74) is 3.21. The number of nitrogens with zero attached hydrogens (tertiary/aromatic N) is 3. The first-order valence-electron chi connectivity index (χ1n) is 7.58. The zero-order valence-corrected chi connectivity index (χ0v) is 13.3. The van der Waals surface area contributed by atoms with Crippen LogP contribution in [0.4, 0.5) is 0 Å². The first-order chi connectivity index (χ1) is 10.6. The topological polar surface area (TPSA) is 42.2 Å². The lowest BCUT2D eigenvalue weighted by Crippen LogP contribution is -2.17. The van der Waals surface area contributed by atoms with E-state index in [-0.39, 0.29) is 0 Å². The Morgan fingerprint density at radius 3 is 2.77 bits per heavy atom. The lowest BCUT2D eigenvalue weighted by molar-refractivity contribution is 0.314. The second-order valence-corrected chi connectivity index (χ2v) is 6.04. The lowest BCUT2D eigenvalue weighted by Gasteiger charge is -2.15. The molecule has 114 valence electrons. The fourth-order valence-electron chi connectivity index (χ4n) is 2.51. The van der Waals surface area contributed by atoms with Crippen molar-refractivity contribution in [2.45, 2.75) is 32.9 Å². The average Bonchev–Trinajstić information content (AvgIpc) is 2.95. The summed E-state index contributed by atoms with van der Waals surface area (Å²) in [5.74, 6) is 1.12. The highest BCUT2D eigenvalue weighted by atomic mass is 16.3. The Morgan fingerprint density at radius 1 is 1.18 bits per heavy atom. The molecule has 1 aromatic carbocycles. The van der Waals surface area contributed by atoms with E-state index in [2.05, 4.69) is 47.9 Å². The normalized spacial score (nSPS) is 11.7. The molecule has 0 radical (unpaired) electrons. The Labute approximate surface area is 130 Å². The first kappa shape index (κ1) is 14.7. The number of hydrogen-bond acceptors (Lipinski definition) is 4. The molecule has 3 aromatic rings. The highest BCUT2D eigenvalue weighted by molar-refractivity contribution is 5.78. The third-order valence-corrected chi connectivity index (χ3v) is 3.59. The van der Waals surface area contributed by atoms with E-state index in [9.17, 15) is 0 Å². The molecule has 3 rings (SSSR count). The largest absolute Gasteiger partial charge is 0.448 e. The zero-order chi connectivity index (χ0) is 15.5. The van der Waals surface area contributed by atoms with Crippen LogP contribution in [0.15, 0.2) is 47.2 Å². The molecular weight excluding hydrogens is 274 g/mol. The Hall–Kier alpha value is -2.20. The Kier molecular flexibility index (Phi) is 4.20. The molecule has 4 nitrogen and oxygen atoms in total. The van der Waals surface area contributed by atoms with Gasteiger partial charge in [-0.3, -0.25) is 9.88 Å². The van der Waals surface area contributed by atoms with Crippen molar-refractivity contribution >= 4 is 10.9 Å². The smallest absolute Gasteiger partial charge is 0.196 e. The van der Waals surface area contributed by atoms with E-state index in [1.54, 1.807) is 6.26 Å². The van der Waals surface area contributed by atoms with Crippen LogP contribution < -0.4 is 0 Å². The number of aromatic nitrogens is 2. The second-order valence-electron chi connectivity index (χ2n) is 6.04. The van der Waals surface area contributed by atoms with Gasteiger partial charge in [0.1, 0.15) is 6.26 Å². The summed E-state index contributed by atoms with van der Waals surface area (Å²) in [5, 5.41) is 1.18. The lowest BCUT2D eigenvalue weighted by atomic mass is 10.1. The van der Waals surface area contributed by atoms with Crippen molar-refractivity contribution in [2.24, 2.45) is 0 Å². The fourth-order valence-corrected chi connectivity index (χ4v) is 2.51. The molecule has 0 fully saturated rings. The monoisotopic (exact) mass is 295 g/mol. The molecule has 0 aliphatic carbocycles. The van der Waals surface area contributed by atoms with Gasteiger partial charge in [-0.1, -0.05) is 32.0 Å². The van der Waals surface area contributed by atoms with Gasteiger partial charge in [0, 0.05) is 30.6 Å². The van der Waals surface area contributed by atoms with Crippen LogP contribution in [0.3, 0.4) is 0 Å². The molecule has 0 saturated carbocycles. The minimum absolute atomic E-state index is 0.323. The van der Waals surface area contributed by atoms with Crippen molar-refractivity contribution in [3.63, 3.8) is 0 Å². The van der Waals surface area contributed by atoms with E-state index >= 15 is 0 Å². The summed E-state index contributed by atoms with van der Waals surface area (Å²) in [6, 6.07) is 10.4. The number of hydrogen-bond donors (Lipinski definition) is 0. The van der Waals surface area contributed by atoms with Crippen LogP contribution in [0.25, 0.3) is 10.9 Å². The van der Waals surface area contributed by atoms with Crippen LogP contribution in [-0.2, 0) is 13.1 Å². The molecular formula is C18H21N3O. The Balaban J connectivity index is 1.68. The van der Waals surface area contributed by atoms with Crippen LogP contribution >= 0.6 is 0 Å². The zero-order valence-electron chi connectivity index (χ0n) is 13.3. The molecule has 0 unspecified atom stereocenters. The Bertz CT molecular complexity index is 764. The summed E-state index contributed by atoms with van der Waals surface area (Å²) < 4.78 is 5.48. The van der Waals surface area contributed by atoms with E-state index in [1.807, 2.05) is 24.4 Å². The molecule has 2 heterocycles. The van der Waals surface area contributed by atoms with Gasteiger partial charge in [-0.15, -0.1) is 0 Å². The van der Waals surface area contributed by atoms with Crippen LogP contribution in [0.5, 0.6) is 0 Å². The maximum Gasteiger partial charge on any atom is 0.196 e. The van der Waals surface area contributed by atoms with Gasteiger partial charge < -0.3 is 4.42 Å². The van der Waals surface area contributed by atoms with Gasteiger partial charge in [0.05, 0.1) is 11.2 Å². The highest BCUT2D eigenvalue weighted by Gasteiger charge is 2.10. The number of pyridine rings is 1. The van der Waals surface area contributed by atoms with Crippen molar-refractivity contribution in [3.8, 4) is 0 Å². The minimum Gasteiger partial charge on any atom is -0.448 e. The summed E-state index contributed by atoms with van der Waals surface area (Å²) in [6.07, 6.45) is 3.70. The number of benzene rings is 1. The van der Waals surface area contributed by atoms with Crippen LogP contribution in [0, 0.1) is 0 Å². The summed E-state index contributed by atoms with van der Waals surface area (Å²) >= 11 is 0. The predicted octanol–water partition coefficient (Wildman–Crippen LogP) is 3.98. The van der Waals surface area contributed by atoms with Crippen molar-refractivity contribution in [2.75, 3.05) is 7.05 Å². The second kappa shape index (κ2) is 6.28. The van der Waals surface area contributed by atoms with Crippen molar-refractivity contribution in [1.82, 2.24) is 14.9 Å². The number of oxazole rings is 1. The van der Waals surface area contributed by atoms with E-state index < -0.39 is 0 Å². The molecule has 0 aliphatic heterocycles. The van der Waals surface area contributed by atoms with Gasteiger partial charge in [-0.25, -0.2) is 4.98 Å². The molecule has 0 atom stereocenters. The molecule has 0 saturated heterocycles. The Morgan fingerprint density at radius 2 is 2.00 bits per heavy atom. The minimum atomic E-state index is 0.323. The highest BCUT2D eigenvalue weighted by Crippen LogP contribution is 2.16. The van der Waals surface area contributed by atoms with Gasteiger partial charge in [-0.2, -0.15) is 0 Å². The first-order valence-corrected chi connectivity index (χ1v) is 7.58. The quantitative estimate of drug-likeness (QED) is 0.714. The van der Waals surface area contributed by atoms with Gasteiger partial charge in [0.25, 0.3) is 0 Å². The van der Waals surface area contributed by atoms with Gasteiger partial charge in [-0.05, 0) is 24.7 Å². The molecule has 0 spiro atoms. The van der Waals surface area contributed by atoms with Crippen molar-refractivity contribution < 1.29 is 4.42 Å². The molecule has 0 aliphatic rings. The number of para-hydroxylation sites is 1. The van der Waals surface area contributed by atoms with Crippen LogP contribution in [0.1, 0.15) is 36.9 Å². The molecule has 2 aromatic heterocycles. The van der Waals surface area contributed by atoms with Gasteiger partial charge in [0.2, 0.25) is 0 Å². The summed E-state index contributed by atoms with van der Waals surface area (Å²) in [6.45, 7) is 5.77. The van der Waals surface area contributed by atoms with Gasteiger partial charge in [0.15, 0.2) is 5.89 Å². The third-order valence-electron chi connectivity index (χ3n) is 3.59. The maximum absolute atomic E-state index is 5.48. The SMILES string of the molecule is CC(C)c1nc(CN(C)Cc2cnc3ccccc3c2)co1. The van der Waals surface area contributed by atoms with E-state index in [4.69, 9.17) is 4.42 Å². The number of fused-ring (bicyclic) bond motifs is 1. The fraction of sp³-hybridized carbons (Fsp3) is 0.333. The summed E-state index contributed by atoms with van der Waals surface area (Å²) in [7, 11) is 2.08. The summed E-state index contributed by atoms with van der Waals surface area (Å²) in [4.78, 5) is 11.2. The average molecular weight is 295 g/mol. The van der Waals surface area contributed by atoms with Gasteiger partial charge >= 0.3 is 0 Å². The van der Waals surface area contributed by atoms with Crippen LogP contribution in [0.2, 0.25) is 0 Å². The number of rotatable bonds is 5. The van der Waals surface area contributed by atoms with Crippen molar-refractivity contribution in [3.05, 3.63) is 59.9 Å². The van der Waals surface area contributed by atoms with Crippen molar-refractivity contribution in [1.29, 1.82) is 0 Å². The molecule has 4 heteroatoms. The molecule has 0 amide bonds.